The Morgan fingerprint density at radius 3 is 2.78 bits per heavy atom. The van der Waals surface area contributed by atoms with Crippen LogP contribution in [0.15, 0.2) is 30.3 Å². The van der Waals surface area contributed by atoms with E-state index in [1.165, 1.54) is 4.68 Å². The van der Waals surface area contributed by atoms with E-state index >= 15 is 0 Å². The van der Waals surface area contributed by atoms with Crippen LogP contribution >= 0.6 is 0 Å². The van der Waals surface area contributed by atoms with Gasteiger partial charge in [0.1, 0.15) is 6.54 Å². The van der Waals surface area contributed by atoms with Crippen molar-refractivity contribution in [1.82, 2.24) is 25.5 Å². The predicted octanol–water partition coefficient (Wildman–Crippen LogP) is -0.293. The van der Waals surface area contributed by atoms with Crippen molar-refractivity contribution in [3.8, 4) is 0 Å². The lowest BCUT2D eigenvalue weighted by molar-refractivity contribution is -0.122. The lowest BCUT2D eigenvalue weighted by Crippen LogP contribution is -2.31. The van der Waals surface area contributed by atoms with Gasteiger partial charge in [0.05, 0.1) is 12.1 Å². The summed E-state index contributed by atoms with van der Waals surface area (Å²) in [5.41, 5.74) is 7.12. The molecule has 5 N–H and O–H groups in total. The number of nitrogens with two attached hydrogens (primary N) is 1. The number of unbranched alkanes of at least 4 members (excludes halogenated alkanes) is 1. The van der Waals surface area contributed by atoms with Crippen LogP contribution < -0.4 is 11.1 Å². The lowest BCUT2D eigenvalue weighted by Gasteiger charge is -2.15. The first kappa shape index (κ1) is 21.0. The van der Waals surface area contributed by atoms with Crippen LogP contribution in [0.1, 0.15) is 49.7 Å². The van der Waals surface area contributed by atoms with E-state index in [1.807, 2.05) is 37.3 Å². The normalized spacial score (nSPS) is 13.2. The van der Waals surface area contributed by atoms with Crippen LogP contribution in [0.4, 0.5) is 0 Å². The molecule has 1 amide bonds. The first-order valence-corrected chi connectivity index (χ1v) is 8.81. The third-order valence-electron chi connectivity index (χ3n) is 4.04. The number of hydrogen-bond acceptors (Lipinski definition) is 8. The van der Waals surface area contributed by atoms with Crippen LogP contribution in [0, 0.1) is 0 Å². The average Bonchev–Trinajstić information content (AvgIpc) is 3.09. The monoisotopic (exact) mass is 376 g/mol. The van der Waals surface area contributed by atoms with Gasteiger partial charge in [-0.05, 0) is 42.2 Å². The van der Waals surface area contributed by atoms with E-state index in [2.05, 4.69) is 25.5 Å². The summed E-state index contributed by atoms with van der Waals surface area (Å²) in [7, 11) is -1.76. The highest BCUT2D eigenvalue weighted by molar-refractivity contribution is 6.32. The largest absolute Gasteiger partial charge is 0.633 e. The molecule has 10 nitrogen and oxygen atoms in total. The summed E-state index contributed by atoms with van der Waals surface area (Å²) in [5.74, 6) is 0.220. The minimum atomic E-state index is -1.76. The van der Waals surface area contributed by atoms with Gasteiger partial charge >= 0.3 is 7.32 Å². The van der Waals surface area contributed by atoms with Gasteiger partial charge in [-0.25, -0.2) is 4.68 Å². The summed E-state index contributed by atoms with van der Waals surface area (Å²) < 4.78 is 6.03. The summed E-state index contributed by atoms with van der Waals surface area (Å²) in [6.45, 7) is 2.10. The molecule has 1 aromatic heterocycles. The number of carbonyl (C=O) groups excluding carboxylic acids is 1. The van der Waals surface area contributed by atoms with E-state index in [-0.39, 0.29) is 25.1 Å². The molecule has 0 fully saturated rings. The van der Waals surface area contributed by atoms with Gasteiger partial charge in [-0.3, -0.25) is 4.79 Å². The molecule has 0 spiro atoms. The molecule has 2 atom stereocenters. The molecule has 11 heteroatoms. The standard InChI is InChI=1S/C16H25BN6O4/c1-12(13-7-3-2-4-8-13)19-15(24)11-23-16(20-21-22-23)14(18)9-5-6-10-27-17(25)26/h2-4,7-8,12,14,25-26H,5-6,9-11,18H2,1H3,(H,19,24)/t12-,14?/m1/s1. The van der Waals surface area contributed by atoms with Crippen LogP contribution in [0.25, 0.3) is 0 Å². The number of aromatic nitrogens is 4. The molecule has 0 saturated heterocycles. The molecule has 2 aromatic rings. The number of carbonyl (C=O) groups is 1. The number of tetrazole rings is 1. The fourth-order valence-electron chi connectivity index (χ4n) is 2.62. The lowest BCUT2D eigenvalue weighted by atomic mass is 10.1. The number of hydrogen-bond donors (Lipinski definition) is 4. The summed E-state index contributed by atoms with van der Waals surface area (Å²) >= 11 is 0. The van der Waals surface area contributed by atoms with Crippen molar-refractivity contribution in [3.63, 3.8) is 0 Å². The summed E-state index contributed by atoms with van der Waals surface area (Å²) in [6, 6.07) is 9.09. The molecule has 1 heterocycles. The van der Waals surface area contributed by atoms with Crippen molar-refractivity contribution < 1.29 is 19.5 Å². The van der Waals surface area contributed by atoms with Gasteiger partial charge < -0.3 is 25.8 Å². The molecule has 27 heavy (non-hydrogen) atoms. The third-order valence-corrected chi connectivity index (χ3v) is 4.04. The number of nitrogens with one attached hydrogen (secondary N) is 1. The van der Waals surface area contributed by atoms with Crippen LogP contribution in [0.2, 0.25) is 0 Å². The summed E-state index contributed by atoms with van der Waals surface area (Å²) in [5, 5.41) is 31.5. The molecule has 0 aliphatic heterocycles. The Bertz CT molecular complexity index is 699. The number of nitrogens with zero attached hydrogens (tertiary/aromatic N) is 4. The Labute approximate surface area is 157 Å². The maximum Gasteiger partial charge on any atom is 0.633 e. The minimum Gasteiger partial charge on any atom is -0.402 e. The van der Waals surface area contributed by atoms with E-state index in [4.69, 9.17) is 15.8 Å². The van der Waals surface area contributed by atoms with Crippen LogP contribution in [0.3, 0.4) is 0 Å². The Hall–Kier alpha value is -2.34. The fraction of sp³-hybridized carbons (Fsp3) is 0.500. The second kappa shape index (κ2) is 10.7. The van der Waals surface area contributed by atoms with Crippen molar-refractivity contribution in [2.75, 3.05) is 6.61 Å². The highest BCUT2D eigenvalue weighted by atomic mass is 16.6. The van der Waals surface area contributed by atoms with E-state index in [9.17, 15) is 4.79 Å². The van der Waals surface area contributed by atoms with Gasteiger partial charge in [-0.1, -0.05) is 30.3 Å². The quantitative estimate of drug-likeness (QED) is 0.309. The van der Waals surface area contributed by atoms with E-state index in [0.29, 0.717) is 25.1 Å². The molecule has 0 bridgehead atoms. The van der Waals surface area contributed by atoms with Gasteiger partial charge in [0, 0.05) is 6.61 Å². The molecular formula is C16H25BN6O4. The Balaban J connectivity index is 1.82. The highest BCUT2D eigenvalue weighted by Gasteiger charge is 2.18. The van der Waals surface area contributed by atoms with Gasteiger partial charge in [0.2, 0.25) is 5.91 Å². The second-order valence-electron chi connectivity index (χ2n) is 6.19. The second-order valence-corrected chi connectivity index (χ2v) is 6.19. The zero-order chi connectivity index (χ0) is 19.6. The van der Waals surface area contributed by atoms with Crippen LogP contribution in [-0.4, -0.2) is 50.1 Å². The minimum absolute atomic E-state index is 0.0208. The number of rotatable bonds is 11. The Morgan fingerprint density at radius 2 is 2.07 bits per heavy atom. The molecule has 0 aliphatic rings. The molecular weight excluding hydrogens is 351 g/mol. The van der Waals surface area contributed by atoms with Crippen molar-refractivity contribution >= 4 is 13.2 Å². The van der Waals surface area contributed by atoms with E-state index < -0.39 is 13.4 Å². The molecule has 1 unspecified atom stereocenters. The summed E-state index contributed by atoms with van der Waals surface area (Å²) in [6.07, 6.45) is 1.88. The van der Waals surface area contributed by atoms with Gasteiger partial charge in [0.25, 0.3) is 0 Å². The zero-order valence-electron chi connectivity index (χ0n) is 15.2. The van der Waals surface area contributed by atoms with Crippen molar-refractivity contribution in [2.24, 2.45) is 5.73 Å². The Kier molecular flexibility index (Phi) is 8.33. The van der Waals surface area contributed by atoms with Crippen molar-refractivity contribution in [2.45, 2.75) is 44.8 Å². The van der Waals surface area contributed by atoms with Gasteiger partial charge in [-0.2, -0.15) is 0 Å². The third kappa shape index (κ3) is 7.06. The first-order valence-electron chi connectivity index (χ1n) is 8.81. The number of benzene rings is 1. The maximum absolute atomic E-state index is 12.3. The van der Waals surface area contributed by atoms with Gasteiger partial charge in [0.15, 0.2) is 5.82 Å². The predicted molar refractivity (Wildman–Crippen MR) is 97.7 cm³/mol. The Morgan fingerprint density at radius 1 is 1.33 bits per heavy atom. The highest BCUT2D eigenvalue weighted by Crippen LogP contribution is 2.14. The molecule has 0 saturated carbocycles. The zero-order valence-corrected chi connectivity index (χ0v) is 15.2. The summed E-state index contributed by atoms with van der Waals surface area (Å²) in [4.78, 5) is 12.3. The smallest absolute Gasteiger partial charge is 0.402 e. The van der Waals surface area contributed by atoms with Crippen molar-refractivity contribution in [1.29, 1.82) is 0 Å². The maximum atomic E-state index is 12.3. The topological polar surface area (TPSA) is 148 Å². The van der Waals surface area contributed by atoms with Crippen molar-refractivity contribution in [3.05, 3.63) is 41.7 Å². The van der Waals surface area contributed by atoms with Crippen LogP contribution in [0.5, 0.6) is 0 Å². The molecule has 0 radical (unpaired) electrons. The van der Waals surface area contributed by atoms with Gasteiger partial charge in [-0.15, -0.1) is 5.10 Å². The van der Waals surface area contributed by atoms with E-state index in [1.54, 1.807) is 0 Å². The average molecular weight is 376 g/mol. The molecule has 1 aromatic carbocycles. The molecule has 146 valence electrons. The molecule has 0 aliphatic carbocycles. The molecule has 2 rings (SSSR count). The van der Waals surface area contributed by atoms with Crippen LogP contribution in [-0.2, 0) is 16.0 Å². The number of amides is 1. The van der Waals surface area contributed by atoms with E-state index in [0.717, 1.165) is 5.56 Å². The SMILES string of the molecule is C[C@@H](NC(=O)Cn1nnnc1C(N)CCCCOB(O)O)c1ccccc1. The fourth-order valence-corrected chi connectivity index (χ4v) is 2.62. The first-order chi connectivity index (χ1) is 13.0.